The Kier molecular flexibility index (Phi) is 1.41. The third-order valence-corrected chi connectivity index (χ3v) is 2.06. The minimum Gasteiger partial charge on any atom is -0.476 e. The van der Waals surface area contributed by atoms with Gasteiger partial charge in [-0.05, 0) is 6.42 Å². The van der Waals surface area contributed by atoms with Gasteiger partial charge in [0.05, 0.1) is 0 Å². The lowest BCUT2D eigenvalue weighted by Gasteiger charge is -1.99. The number of carbonyl (C=O) groups is 1. The van der Waals surface area contributed by atoms with Crippen molar-refractivity contribution in [3.05, 3.63) is 17.0 Å². The highest BCUT2D eigenvalue weighted by molar-refractivity contribution is 5.87. The number of nitrogens with two attached hydrogens (primary N) is 1. The summed E-state index contributed by atoms with van der Waals surface area (Å²) >= 11 is 0. The highest BCUT2D eigenvalue weighted by atomic mass is 16.5. The predicted molar refractivity (Wildman–Crippen MR) is 38.7 cm³/mol. The Morgan fingerprint density at radius 2 is 2.50 bits per heavy atom. The first-order valence-corrected chi connectivity index (χ1v) is 3.67. The van der Waals surface area contributed by atoms with Gasteiger partial charge >= 0.3 is 5.97 Å². The number of fused-ring (bicyclic) bond motifs is 1. The van der Waals surface area contributed by atoms with Crippen LogP contribution in [-0.2, 0) is 6.42 Å². The molecular formula is C7H8N2O3. The lowest BCUT2D eigenvalue weighted by atomic mass is 10.1. The van der Waals surface area contributed by atoms with Gasteiger partial charge in [0, 0.05) is 18.0 Å². The average Bonchev–Trinajstić information content (AvgIpc) is 2.53. The van der Waals surface area contributed by atoms with Crippen LogP contribution in [0.5, 0.6) is 0 Å². The van der Waals surface area contributed by atoms with E-state index in [9.17, 15) is 4.79 Å². The fourth-order valence-electron chi connectivity index (χ4n) is 1.48. The molecule has 2 rings (SSSR count). The van der Waals surface area contributed by atoms with Crippen LogP contribution in [0.15, 0.2) is 4.52 Å². The molecule has 3 N–H and O–H groups in total. The van der Waals surface area contributed by atoms with Crippen LogP contribution in [0, 0.1) is 0 Å². The second-order valence-electron chi connectivity index (χ2n) is 2.82. The Bertz CT molecular complexity index is 331. The Hall–Kier alpha value is -1.36. The number of hydrogen-bond acceptors (Lipinski definition) is 4. The molecular weight excluding hydrogens is 160 g/mol. The first-order valence-electron chi connectivity index (χ1n) is 3.67. The number of nitrogens with zero attached hydrogens (tertiary/aromatic N) is 1. The van der Waals surface area contributed by atoms with Gasteiger partial charge in [-0.3, -0.25) is 0 Å². The molecule has 5 heteroatoms. The highest BCUT2D eigenvalue weighted by Crippen LogP contribution is 2.31. The maximum atomic E-state index is 10.6. The van der Waals surface area contributed by atoms with Crippen molar-refractivity contribution in [2.45, 2.75) is 18.9 Å². The molecule has 0 spiro atoms. The number of hydrogen-bond donors (Lipinski definition) is 2. The van der Waals surface area contributed by atoms with E-state index in [-0.39, 0.29) is 11.7 Å². The van der Waals surface area contributed by atoms with Crippen LogP contribution in [0.25, 0.3) is 0 Å². The minimum atomic E-state index is -1.07. The molecule has 1 aliphatic carbocycles. The zero-order valence-corrected chi connectivity index (χ0v) is 6.28. The van der Waals surface area contributed by atoms with Crippen LogP contribution in [-0.4, -0.2) is 16.2 Å². The average molecular weight is 168 g/mol. The molecule has 5 nitrogen and oxygen atoms in total. The molecule has 0 radical (unpaired) electrons. The largest absolute Gasteiger partial charge is 0.476 e. The first-order chi connectivity index (χ1) is 5.70. The third-order valence-electron chi connectivity index (χ3n) is 2.06. The van der Waals surface area contributed by atoms with Gasteiger partial charge in [0.2, 0.25) is 0 Å². The second-order valence-corrected chi connectivity index (χ2v) is 2.82. The SMILES string of the molecule is NC1CCc2onc(C(=O)O)c21. The van der Waals surface area contributed by atoms with Crippen molar-refractivity contribution in [2.75, 3.05) is 0 Å². The summed E-state index contributed by atoms with van der Waals surface area (Å²) in [6.45, 7) is 0. The molecule has 0 saturated heterocycles. The zero-order valence-electron chi connectivity index (χ0n) is 6.28. The smallest absolute Gasteiger partial charge is 0.358 e. The fraction of sp³-hybridized carbons (Fsp3) is 0.429. The highest BCUT2D eigenvalue weighted by Gasteiger charge is 2.30. The molecule has 1 aromatic rings. The molecule has 12 heavy (non-hydrogen) atoms. The van der Waals surface area contributed by atoms with E-state index in [1.807, 2.05) is 0 Å². The number of aromatic carboxylic acids is 1. The molecule has 0 bridgehead atoms. The molecule has 0 aliphatic heterocycles. The molecule has 0 saturated carbocycles. The standard InChI is InChI=1S/C7H8N2O3/c8-3-1-2-4-5(3)6(7(10)11)9-12-4/h3H,1-2,8H2,(H,10,11). The lowest BCUT2D eigenvalue weighted by molar-refractivity contribution is 0.0684. The van der Waals surface area contributed by atoms with E-state index >= 15 is 0 Å². The first kappa shape index (κ1) is 7.30. The molecule has 64 valence electrons. The monoisotopic (exact) mass is 168 g/mol. The van der Waals surface area contributed by atoms with E-state index in [0.29, 0.717) is 17.7 Å². The van der Waals surface area contributed by atoms with Crippen molar-refractivity contribution < 1.29 is 14.4 Å². The number of rotatable bonds is 1. The number of carboxylic acid groups (broad SMARTS) is 1. The molecule has 0 amide bonds. The number of carboxylic acids is 1. The van der Waals surface area contributed by atoms with E-state index in [1.54, 1.807) is 0 Å². The van der Waals surface area contributed by atoms with Gasteiger partial charge in [0.1, 0.15) is 5.76 Å². The summed E-state index contributed by atoms with van der Waals surface area (Å²) in [4.78, 5) is 10.6. The van der Waals surface area contributed by atoms with Crippen LogP contribution in [0.1, 0.15) is 34.3 Å². The van der Waals surface area contributed by atoms with Crippen LogP contribution in [0.4, 0.5) is 0 Å². The van der Waals surface area contributed by atoms with Gasteiger partial charge in [-0.15, -0.1) is 0 Å². The fourth-order valence-corrected chi connectivity index (χ4v) is 1.48. The Morgan fingerprint density at radius 3 is 3.17 bits per heavy atom. The van der Waals surface area contributed by atoms with Gasteiger partial charge < -0.3 is 15.4 Å². The van der Waals surface area contributed by atoms with E-state index in [0.717, 1.165) is 6.42 Å². The summed E-state index contributed by atoms with van der Waals surface area (Å²) in [5, 5.41) is 12.1. The van der Waals surface area contributed by atoms with Crippen molar-refractivity contribution in [3.8, 4) is 0 Å². The van der Waals surface area contributed by atoms with Gasteiger partial charge in [-0.2, -0.15) is 0 Å². The summed E-state index contributed by atoms with van der Waals surface area (Å²) in [6, 6.07) is -0.225. The van der Waals surface area contributed by atoms with E-state index in [2.05, 4.69) is 5.16 Å². The summed E-state index contributed by atoms with van der Waals surface area (Å²) in [5.74, 6) is -0.447. The molecule has 0 aromatic carbocycles. The number of aromatic nitrogens is 1. The molecule has 0 fully saturated rings. The van der Waals surface area contributed by atoms with E-state index in [1.165, 1.54) is 0 Å². The third kappa shape index (κ3) is 0.831. The minimum absolute atomic E-state index is 0.0324. The second kappa shape index (κ2) is 2.31. The Balaban J connectivity index is 2.53. The number of aryl methyl sites for hydroxylation is 1. The molecule has 1 unspecified atom stereocenters. The summed E-state index contributed by atoms with van der Waals surface area (Å²) in [7, 11) is 0. The van der Waals surface area contributed by atoms with Crippen LogP contribution >= 0.6 is 0 Å². The normalized spacial score (nSPS) is 20.9. The van der Waals surface area contributed by atoms with Gasteiger partial charge in [-0.1, -0.05) is 5.16 Å². The Labute approximate surface area is 68.1 Å². The maximum absolute atomic E-state index is 10.6. The molecule has 1 heterocycles. The molecule has 1 aliphatic rings. The molecule has 1 aromatic heterocycles. The lowest BCUT2D eigenvalue weighted by Crippen LogP contribution is -2.10. The summed E-state index contributed by atoms with van der Waals surface area (Å²) < 4.78 is 4.83. The van der Waals surface area contributed by atoms with Crippen LogP contribution < -0.4 is 5.73 Å². The van der Waals surface area contributed by atoms with E-state index in [4.69, 9.17) is 15.4 Å². The topological polar surface area (TPSA) is 89.4 Å². The van der Waals surface area contributed by atoms with Crippen molar-refractivity contribution in [2.24, 2.45) is 5.73 Å². The predicted octanol–water partition coefficient (Wildman–Crippen LogP) is 0.319. The maximum Gasteiger partial charge on any atom is 0.358 e. The summed E-state index contributed by atoms with van der Waals surface area (Å²) in [6.07, 6.45) is 1.44. The van der Waals surface area contributed by atoms with Crippen molar-refractivity contribution in [1.29, 1.82) is 0 Å². The van der Waals surface area contributed by atoms with E-state index < -0.39 is 5.97 Å². The van der Waals surface area contributed by atoms with Gasteiger partial charge in [0.25, 0.3) is 0 Å². The van der Waals surface area contributed by atoms with Crippen molar-refractivity contribution in [3.63, 3.8) is 0 Å². The zero-order chi connectivity index (χ0) is 8.72. The van der Waals surface area contributed by atoms with Gasteiger partial charge in [0.15, 0.2) is 5.69 Å². The summed E-state index contributed by atoms with van der Waals surface area (Å²) in [5.41, 5.74) is 6.21. The van der Waals surface area contributed by atoms with Crippen molar-refractivity contribution in [1.82, 2.24) is 5.16 Å². The van der Waals surface area contributed by atoms with Gasteiger partial charge in [-0.25, -0.2) is 4.79 Å². The molecule has 1 atom stereocenters. The van der Waals surface area contributed by atoms with Crippen molar-refractivity contribution >= 4 is 5.97 Å². The Morgan fingerprint density at radius 1 is 1.75 bits per heavy atom. The van der Waals surface area contributed by atoms with Crippen LogP contribution in [0.3, 0.4) is 0 Å². The van der Waals surface area contributed by atoms with Crippen LogP contribution in [0.2, 0.25) is 0 Å². The quantitative estimate of drug-likeness (QED) is 0.630.